The van der Waals surface area contributed by atoms with Crippen LogP contribution in [0.1, 0.15) is 34.1 Å². The number of methoxy groups -OCH3 is 2. The number of amides is 1. The van der Waals surface area contributed by atoms with Crippen molar-refractivity contribution in [2.75, 3.05) is 41.4 Å². The molecule has 32 heavy (non-hydrogen) atoms. The van der Waals surface area contributed by atoms with Gasteiger partial charge in [0.15, 0.2) is 11.5 Å². The van der Waals surface area contributed by atoms with Crippen LogP contribution in [0, 0.1) is 20.8 Å². The maximum Gasteiger partial charge on any atom is 0.295 e. The third-order valence-corrected chi connectivity index (χ3v) is 5.98. The lowest BCUT2D eigenvalue weighted by atomic mass is 9.93. The summed E-state index contributed by atoms with van der Waals surface area (Å²) in [6, 6.07) is 4.50. The fourth-order valence-electron chi connectivity index (χ4n) is 4.27. The molecule has 1 aromatic carbocycles. The van der Waals surface area contributed by atoms with Gasteiger partial charge in [-0.15, -0.1) is 0 Å². The van der Waals surface area contributed by atoms with Crippen LogP contribution in [0.25, 0.3) is 5.76 Å². The van der Waals surface area contributed by atoms with Crippen LogP contribution in [0.15, 0.2) is 23.8 Å². The summed E-state index contributed by atoms with van der Waals surface area (Å²) in [5.41, 5.74) is 3.62. The maximum absolute atomic E-state index is 13.2. The number of benzene rings is 1. The highest BCUT2D eigenvalue weighted by molar-refractivity contribution is 6.46. The number of rotatable bonds is 7. The van der Waals surface area contributed by atoms with Crippen LogP contribution in [0.5, 0.6) is 11.5 Å². The molecule has 1 amide bonds. The van der Waals surface area contributed by atoms with Gasteiger partial charge in [0.25, 0.3) is 11.7 Å². The zero-order valence-corrected chi connectivity index (χ0v) is 19.7. The fourth-order valence-corrected chi connectivity index (χ4v) is 4.27. The zero-order chi connectivity index (χ0) is 23.7. The van der Waals surface area contributed by atoms with Gasteiger partial charge >= 0.3 is 0 Å². The molecule has 0 saturated carbocycles. The standard InChI is InChI=1S/C24H31N3O5/c1-13-14(2)25-15(3)18(13)21(28)19-20(16-9-8-10-17(31-6)23(16)32-7)27(12-11-26(4)5)24(30)22(19)29/h8-10,20,25,28H,11-12H2,1-7H3/b21-19+. The number of nitrogens with zero attached hydrogens (tertiary/aromatic N) is 2. The van der Waals surface area contributed by atoms with E-state index in [1.165, 1.54) is 19.1 Å². The second-order valence-electron chi connectivity index (χ2n) is 8.25. The Morgan fingerprint density at radius 2 is 1.81 bits per heavy atom. The molecule has 8 nitrogen and oxygen atoms in total. The minimum atomic E-state index is -0.811. The van der Waals surface area contributed by atoms with Crippen LogP contribution >= 0.6 is 0 Å². The Kier molecular flexibility index (Phi) is 6.64. The van der Waals surface area contributed by atoms with E-state index >= 15 is 0 Å². The normalized spacial score (nSPS) is 18.0. The van der Waals surface area contributed by atoms with Crippen LogP contribution in [0.2, 0.25) is 0 Å². The largest absolute Gasteiger partial charge is 0.507 e. The number of carbonyl (C=O) groups is 2. The molecule has 1 saturated heterocycles. The maximum atomic E-state index is 13.2. The van der Waals surface area contributed by atoms with E-state index in [0.717, 1.165) is 17.0 Å². The molecule has 1 aliphatic heterocycles. The number of ether oxygens (including phenoxy) is 2. The van der Waals surface area contributed by atoms with E-state index in [1.807, 2.05) is 39.8 Å². The quantitative estimate of drug-likeness (QED) is 0.390. The van der Waals surface area contributed by atoms with E-state index in [-0.39, 0.29) is 11.3 Å². The Balaban J connectivity index is 2.30. The third kappa shape index (κ3) is 3.86. The molecule has 8 heteroatoms. The molecule has 0 radical (unpaired) electrons. The summed E-state index contributed by atoms with van der Waals surface area (Å²) in [5.74, 6) is -0.654. The van der Waals surface area contributed by atoms with E-state index in [1.54, 1.807) is 18.2 Å². The number of hydrogen-bond acceptors (Lipinski definition) is 6. The van der Waals surface area contributed by atoms with Crippen molar-refractivity contribution in [2.24, 2.45) is 0 Å². The lowest BCUT2D eigenvalue weighted by Crippen LogP contribution is -2.35. The van der Waals surface area contributed by atoms with Crippen molar-refractivity contribution in [3.63, 3.8) is 0 Å². The number of aliphatic hydroxyl groups is 1. The SMILES string of the molecule is COc1cccc(C2/C(=C(\O)c3c(C)[nH]c(C)c3C)C(=O)C(=O)N2CCN(C)C)c1OC. The number of nitrogens with one attached hydrogen (secondary N) is 1. The summed E-state index contributed by atoms with van der Waals surface area (Å²) < 4.78 is 11.1. The highest BCUT2D eigenvalue weighted by Gasteiger charge is 2.47. The molecular weight excluding hydrogens is 410 g/mol. The lowest BCUT2D eigenvalue weighted by Gasteiger charge is -2.28. The van der Waals surface area contributed by atoms with Gasteiger partial charge in [0.1, 0.15) is 5.76 Å². The first-order valence-electron chi connectivity index (χ1n) is 10.4. The predicted octanol–water partition coefficient (Wildman–Crippen LogP) is 2.94. The Bertz CT molecular complexity index is 1080. The third-order valence-electron chi connectivity index (χ3n) is 5.98. The number of aromatic nitrogens is 1. The van der Waals surface area contributed by atoms with Crippen molar-refractivity contribution < 1.29 is 24.2 Å². The second kappa shape index (κ2) is 9.08. The first kappa shape index (κ1) is 23.4. The van der Waals surface area contributed by atoms with Crippen molar-refractivity contribution in [3.8, 4) is 11.5 Å². The van der Waals surface area contributed by atoms with Gasteiger partial charge in [0.05, 0.1) is 25.8 Å². The number of ketones is 1. The molecular formula is C24H31N3O5. The predicted molar refractivity (Wildman–Crippen MR) is 122 cm³/mol. The van der Waals surface area contributed by atoms with E-state index in [2.05, 4.69) is 4.98 Å². The highest BCUT2D eigenvalue weighted by atomic mass is 16.5. The van der Waals surface area contributed by atoms with Gasteiger partial charge in [-0.25, -0.2) is 0 Å². The average Bonchev–Trinajstić information content (AvgIpc) is 3.16. The number of likely N-dealkylation sites (N-methyl/N-ethyl adjacent to an activating group) is 1. The molecule has 1 atom stereocenters. The highest BCUT2D eigenvalue weighted by Crippen LogP contribution is 2.46. The number of carbonyl (C=O) groups excluding carboxylic acids is 2. The van der Waals surface area contributed by atoms with Crippen LogP contribution in [0.4, 0.5) is 0 Å². The van der Waals surface area contributed by atoms with Gasteiger partial charge in [-0.05, 0) is 46.5 Å². The summed E-state index contributed by atoms with van der Waals surface area (Å²) in [7, 11) is 6.83. The van der Waals surface area contributed by atoms with Gasteiger partial charge < -0.3 is 29.4 Å². The molecule has 0 spiro atoms. The lowest BCUT2D eigenvalue weighted by molar-refractivity contribution is -0.140. The molecule has 172 valence electrons. The van der Waals surface area contributed by atoms with Crippen molar-refractivity contribution in [1.82, 2.24) is 14.8 Å². The molecule has 0 bridgehead atoms. The molecule has 3 rings (SSSR count). The molecule has 1 fully saturated rings. The number of Topliss-reactive ketones (excluding diaryl/α,β-unsaturated/α-hetero) is 1. The van der Waals surface area contributed by atoms with E-state index in [4.69, 9.17) is 9.47 Å². The number of aliphatic hydroxyl groups excluding tert-OH is 1. The van der Waals surface area contributed by atoms with Gasteiger partial charge in [-0.3, -0.25) is 9.59 Å². The summed E-state index contributed by atoms with van der Waals surface area (Å²) in [4.78, 5) is 33.0. The monoisotopic (exact) mass is 441 g/mol. The van der Waals surface area contributed by atoms with Gasteiger partial charge in [0.2, 0.25) is 0 Å². The Hall–Kier alpha value is -3.26. The van der Waals surface area contributed by atoms with Gasteiger partial charge in [0, 0.05) is 35.6 Å². The number of hydrogen-bond donors (Lipinski definition) is 2. The number of para-hydroxylation sites is 1. The molecule has 2 N–H and O–H groups in total. The first-order valence-corrected chi connectivity index (χ1v) is 10.4. The van der Waals surface area contributed by atoms with Gasteiger partial charge in [-0.2, -0.15) is 0 Å². The molecule has 2 heterocycles. The number of H-pyrrole nitrogens is 1. The van der Waals surface area contributed by atoms with E-state index in [0.29, 0.717) is 35.7 Å². The van der Waals surface area contributed by atoms with Crippen molar-refractivity contribution in [3.05, 3.63) is 51.9 Å². The number of aromatic amines is 1. The molecule has 1 aliphatic rings. The summed E-state index contributed by atoms with van der Waals surface area (Å²) >= 11 is 0. The topological polar surface area (TPSA) is 95.1 Å². The minimum Gasteiger partial charge on any atom is -0.507 e. The van der Waals surface area contributed by atoms with Crippen LogP contribution < -0.4 is 9.47 Å². The minimum absolute atomic E-state index is 0.0468. The summed E-state index contributed by atoms with van der Waals surface area (Å²) in [5, 5.41) is 11.4. The Morgan fingerprint density at radius 1 is 1.12 bits per heavy atom. The molecule has 2 aromatic rings. The second-order valence-corrected chi connectivity index (χ2v) is 8.25. The zero-order valence-electron chi connectivity index (χ0n) is 19.7. The van der Waals surface area contributed by atoms with Crippen molar-refractivity contribution >= 4 is 17.4 Å². The van der Waals surface area contributed by atoms with E-state index in [9.17, 15) is 14.7 Å². The van der Waals surface area contributed by atoms with Crippen molar-refractivity contribution in [2.45, 2.75) is 26.8 Å². The van der Waals surface area contributed by atoms with Crippen molar-refractivity contribution in [1.29, 1.82) is 0 Å². The van der Waals surface area contributed by atoms with Crippen LogP contribution in [0.3, 0.4) is 0 Å². The van der Waals surface area contributed by atoms with Gasteiger partial charge in [-0.1, -0.05) is 12.1 Å². The fraction of sp³-hybridized carbons (Fsp3) is 0.417. The Labute approximate surface area is 188 Å². The number of aryl methyl sites for hydroxylation is 2. The molecule has 0 aliphatic carbocycles. The molecule has 1 unspecified atom stereocenters. The number of likely N-dealkylation sites (tertiary alicyclic amines) is 1. The first-order chi connectivity index (χ1) is 15.1. The Morgan fingerprint density at radius 3 is 2.34 bits per heavy atom. The van der Waals surface area contributed by atoms with E-state index < -0.39 is 17.7 Å². The smallest absolute Gasteiger partial charge is 0.295 e. The van der Waals surface area contributed by atoms with Crippen LogP contribution in [-0.2, 0) is 9.59 Å². The summed E-state index contributed by atoms with van der Waals surface area (Å²) in [6.07, 6.45) is 0. The van der Waals surface area contributed by atoms with Crippen LogP contribution in [-0.4, -0.2) is 73.0 Å². The summed E-state index contributed by atoms with van der Waals surface area (Å²) in [6.45, 7) is 6.47. The molecule has 1 aromatic heterocycles. The average molecular weight is 442 g/mol.